The molecular formula is C16H10S2. The van der Waals surface area contributed by atoms with Crippen LogP contribution in [0.4, 0.5) is 0 Å². The van der Waals surface area contributed by atoms with Crippen molar-refractivity contribution in [2.24, 2.45) is 0 Å². The Labute approximate surface area is 113 Å². The van der Waals surface area contributed by atoms with Crippen molar-refractivity contribution >= 4 is 42.8 Å². The highest BCUT2D eigenvalue weighted by Crippen LogP contribution is 2.38. The average Bonchev–Trinajstić information content (AvgIpc) is 3.04. The van der Waals surface area contributed by atoms with E-state index in [0.717, 1.165) is 0 Å². The maximum absolute atomic E-state index is 2.30. The summed E-state index contributed by atoms with van der Waals surface area (Å²) >= 11 is 3.68. The zero-order chi connectivity index (χ0) is 11.9. The molecule has 0 spiro atoms. The first-order valence-corrected chi connectivity index (χ1v) is 7.56. The second kappa shape index (κ2) is 3.94. The minimum Gasteiger partial charge on any atom is -0.144 e. The van der Waals surface area contributed by atoms with E-state index in [9.17, 15) is 0 Å². The van der Waals surface area contributed by atoms with Crippen molar-refractivity contribution in [3.05, 3.63) is 60.0 Å². The minimum absolute atomic E-state index is 1.34. The van der Waals surface area contributed by atoms with Crippen LogP contribution in [-0.2, 0) is 0 Å². The van der Waals surface area contributed by atoms with Crippen molar-refractivity contribution in [2.75, 3.05) is 0 Å². The van der Waals surface area contributed by atoms with Crippen molar-refractivity contribution in [1.29, 1.82) is 0 Å². The summed E-state index contributed by atoms with van der Waals surface area (Å²) in [6.45, 7) is 0. The number of rotatable bonds is 1. The normalized spacial score (nSPS) is 11.3. The van der Waals surface area contributed by atoms with Gasteiger partial charge < -0.3 is 0 Å². The molecule has 0 aliphatic carbocycles. The number of thiophene rings is 2. The highest BCUT2D eigenvalue weighted by Gasteiger charge is 2.07. The molecule has 0 aliphatic heterocycles. The molecule has 0 unspecified atom stereocenters. The van der Waals surface area contributed by atoms with Gasteiger partial charge in [0.05, 0.1) is 0 Å². The molecule has 4 rings (SSSR count). The Kier molecular flexibility index (Phi) is 2.25. The van der Waals surface area contributed by atoms with Gasteiger partial charge in [-0.25, -0.2) is 0 Å². The summed E-state index contributed by atoms with van der Waals surface area (Å²) in [4.78, 5) is 1.36. The lowest BCUT2D eigenvalue weighted by atomic mass is 10.1. The molecule has 86 valence electrons. The van der Waals surface area contributed by atoms with Crippen LogP contribution in [-0.4, -0.2) is 0 Å². The molecule has 0 saturated heterocycles. The topological polar surface area (TPSA) is 0 Å². The highest BCUT2D eigenvalue weighted by atomic mass is 32.1. The summed E-state index contributed by atoms with van der Waals surface area (Å²) in [5.41, 5.74) is 1.36. The lowest BCUT2D eigenvalue weighted by molar-refractivity contribution is 1.81. The second-order valence-corrected chi connectivity index (χ2v) is 6.32. The summed E-state index contributed by atoms with van der Waals surface area (Å²) in [7, 11) is 0. The maximum Gasteiger partial charge on any atom is 0.0361 e. The zero-order valence-corrected chi connectivity index (χ0v) is 11.2. The van der Waals surface area contributed by atoms with Gasteiger partial charge in [-0.05, 0) is 35.0 Å². The molecule has 0 radical (unpaired) electrons. The molecule has 0 fully saturated rings. The zero-order valence-electron chi connectivity index (χ0n) is 9.59. The van der Waals surface area contributed by atoms with Gasteiger partial charge in [0.1, 0.15) is 0 Å². The summed E-state index contributed by atoms with van der Waals surface area (Å²) in [5.74, 6) is 0. The van der Waals surface area contributed by atoms with Crippen LogP contribution in [0.25, 0.3) is 30.6 Å². The van der Waals surface area contributed by atoms with Crippen molar-refractivity contribution < 1.29 is 0 Å². The van der Waals surface area contributed by atoms with Crippen LogP contribution >= 0.6 is 22.7 Å². The van der Waals surface area contributed by atoms with Crippen LogP contribution in [0.5, 0.6) is 0 Å². The van der Waals surface area contributed by atoms with Gasteiger partial charge in [-0.2, -0.15) is 0 Å². The monoisotopic (exact) mass is 266 g/mol. The summed E-state index contributed by atoms with van der Waals surface area (Å²) in [6, 6.07) is 19.7. The van der Waals surface area contributed by atoms with Crippen molar-refractivity contribution in [1.82, 2.24) is 0 Å². The van der Waals surface area contributed by atoms with Gasteiger partial charge >= 0.3 is 0 Å². The van der Waals surface area contributed by atoms with Crippen LogP contribution in [0.1, 0.15) is 0 Å². The summed E-state index contributed by atoms with van der Waals surface area (Å²) in [6.07, 6.45) is 0. The van der Waals surface area contributed by atoms with E-state index in [-0.39, 0.29) is 0 Å². The molecule has 2 heteroatoms. The van der Waals surface area contributed by atoms with E-state index in [0.29, 0.717) is 0 Å². The molecule has 2 heterocycles. The number of benzene rings is 2. The van der Waals surface area contributed by atoms with Crippen LogP contribution in [0.3, 0.4) is 0 Å². The average molecular weight is 266 g/mol. The first-order valence-electron chi connectivity index (χ1n) is 5.87. The second-order valence-electron chi connectivity index (χ2n) is 4.29. The lowest BCUT2D eigenvalue weighted by Crippen LogP contribution is -1.72. The third-order valence-corrected chi connectivity index (χ3v) is 5.22. The van der Waals surface area contributed by atoms with Gasteiger partial charge in [-0.1, -0.05) is 30.3 Å². The molecule has 0 atom stereocenters. The fourth-order valence-corrected chi connectivity index (χ4v) is 4.24. The largest absolute Gasteiger partial charge is 0.144 e. The lowest BCUT2D eigenvalue weighted by Gasteiger charge is -1.99. The van der Waals surface area contributed by atoms with Gasteiger partial charge in [0.25, 0.3) is 0 Å². The fraction of sp³-hybridized carbons (Fsp3) is 0. The molecule has 2 aromatic heterocycles. The molecule has 0 amide bonds. The Morgan fingerprint density at radius 1 is 0.778 bits per heavy atom. The third kappa shape index (κ3) is 1.50. The van der Waals surface area contributed by atoms with E-state index in [1.165, 1.54) is 30.6 Å². The third-order valence-electron chi connectivity index (χ3n) is 3.19. The first kappa shape index (κ1) is 10.3. The van der Waals surface area contributed by atoms with Crippen LogP contribution in [0.2, 0.25) is 0 Å². The Hall–Kier alpha value is -1.64. The highest BCUT2D eigenvalue weighted by molar-refractivity contribution is 7.22. The van der Waals surface area contributed by atoms with Crippen molar-refractivity contribution in [3.63, 3.8) is 0 Å². The standard InChI is InChI=1S/C16H10S2/c1-2-6-14-11(4-1)10-16(18-14)12-5-3-7-15-13(12)8-9-17-15/h1-10H. The maximum atomic E-state index is 2.30. The van der Waals surface area contributed by atoms with Crippen LogP contribution < -0.4 is 0 Å². The fourth-order valence-electron chi connectivity index (χ4n) is 2.32. The SMILES string of the molecule is c1ccc2sc(-c3cccc4sccc34)cc2c1. The molecule has 2 aromatic carbocycles. The van der Waals surface area contributed by atoms with E-state index < -0.39 is 0 Å². The van der Waals surface area contributed by atoms with E-state index in [4.69, 9.17) is 0 Å². The number of hydrogen-bond donors (Lipinski definition) is 0. The number of hydrogen-bond acceptors (Lipinski definition) is 2. The number of fused-ring (bicyclic) bond motifs is 2. The van der Waals surface area contributed by atoms with Crippen LogP contribution in [0.15, 0.2) is 60.0 Å². The smallest absolute Gasteiger partial charge is 0.0361 e. The Balaban J connectivity index is 2.04. The van der Waals surface area contributed by atoms with Gasteiger partial charge in [0.15, 0.2) is 0 Å². The predicted octanol–water partition coefficient (Wildman–Crippen LogP) is 5.78. The molecule has 0 bridgehead atoms. The van der Waals surface area contributed by atoms with E-state index >= 15 is 0 Å². The van der Waals surface area contributed by atoms with E-state index in [1.54, 1.807) is 0 Å². The molecule has 0 N–H and O–H groups in total. The van der Waals surface area contributed by atoms with E-state index in [2.05, 4.69) is 60.0 Å². The van der Waals surface area contributed by atoms with Crippen molar-refractivity contribution in [3.8, 4) is 10.4 Å². The molecule has 18 heavy (non-hydrogen) atoms. The van der Waals surface area contributed by atoms with Gasteiger partial charge in [0.2, 0.25) is 0 Å². The van der Waals surface area contributed by atoms with Crippen molar-refractivity contribution in [2.45, 2.75) is 0 Å². The quantitative estimate of drug-likeness (QED) is 0.409. The predicted molar refractivity (Wildman–Crippen MR) is 82.6 cm³/mol. The van der Waals surface area contributed by atoms with Crippen LogP contribution in [0, 0.1) is 0 Å². The van der Waals surface area contributed by atoms with Gasteiger partial charge in [0, 0.05) is 25.2 Å². The molecule has 0 nitrogen and oxygen atoms in total. The Bertz CT molecular complexity index is 803. The van der Waals surface area contributed by atoms with Gasteiger partial charge in [-0.3, -0.25) is 0 Å². The minimum atomic E-state index is 1.34. The first-order chi connectivity index (χ1) is 8.92. The van der Waals surface area contributed by atoms with E-state index in [1.807, 2.05) is 22.7 Å². The van der Waals surface area contributed by atoms with Gasteiger partial charge in [-0.15, -0.1) is 22.7 Å². The summed E-state index contributed by atoms with van der Waals surface area (Å²) in [5, 5.41) is 4.88. The summed E-state index contributed by atoms with van der Waals surface area (Å²) < 4.78 is 2.73. The Morgan fingerprint density at radius 2 is 1.67 bits per heavy atom. The Morgan fingerprint density at radius 3 is 2.61 bits per heavy atom. The molecule has 0 aliphatic rings. The molecule has 4 aromatic rings. The molecular weight excluding hydrogens is 256 g/mol. The molecule has 0 saturated carbocycles.